The minimum atomic E-state index is -0.301. The average Bonchev–Trinajstić information content (AvgIpc) is 1.96. The van der Waals surface area contributed by atoms with Crippen LogP contribution in [-0.4, -0.2) is 18.0 Å². The molecule has 0 amide bonds. The molecule has 0 N–H and O–H groups in total. The summed E-state index contributed by atoms with van der Waals surface area (Å²) in [7, 11) is 0. The Balaban J connectivity index is 5.07. The lowest BCUT2D eigenvalue weighted by molar-refractivity contribution is -0.124. The topological polar surface area (TPSA) is 29.4 Å². The molecule has 2 heteroatoms. The Morgan fingerprint density at radius 1 is 0.765 bits per heavy atom. The van der Waals surface area contributed by atoms with E-state index >= 15 is 0 Å². The van der Waals surface area contributed by atoms with Crippen LogP contribution in [0.5, 0.6) is 0 Å². The van der Waals surface area contributed by atoms with E-state index in [1.54, 1.807) is 0 Å². The second-order valence-corrected chi connectivity index (χ2v) is 7.84. The standard InChI is InChI=1S/C15H29NO/c1-13(2,3)11(17)10-16-12(14(4,5)6)15(7,8)9/h10H2,1-9H3. The zero-order chi connectivity index (χ0) is 14.1. The van der Waals surface area contributed by atoms with Crippen molar-refractivity contribution in [3.63, 3.8) is 0 Å². The summed E-state index contributed by atoms with van der Waals surface area (Å²) in [6.07, 6.45) is 0. The first kappa shape index (κ1) is 16.3. The van der Waals surface area contributed by atoms with E-state index in [1.807, 2.05) is 20.8 Å². The molecule has 0 aromatic carbocycles. The number of hydrogen-bond acceptors (Lipinski definition) is 2. The smallest absolute Gasteiger partial charge is 0.159 e. The minimum absolute atomic E-state index is 0.0103. The molecule has 2 nitrogen and oxygen atoms in total. The monoisotopic (exact) mass is 239 g/mol. The quantitative estimate of drug-likeness (QED) is 0.666. The number of carbonyl (C=O) groups excluding carboxylic acids is 1. The van der Waals surface area contributed by atoms with Crippen molar-refractivity contribution in [1.29, 1.82) is 0 Å². The van der Waals surface area contributed by atoms with Crippen LogP contribution in [0.1, 0.15) is 62.3 Å². The van der Waals surface area contributed by atoms with Crippen LogP contribution in [0.15, 0.2) is 4.99 Å². The lowest BCUT2D eigenvalue weighted by atomic mass is 9.75. The Morgan fingerprint density at radius 2 is 1.12 bits per heavy atom. The van der Waals surface area contributed by atoms with Crippen LogP contribution in [0.4, 0.5) is 0 Å². The highest BCUT2D eigenvalue weighted by Gasteiger charge is 2.30. The summed E-state index contributed by atoms with van der Waals surface area (Å²) in [6.45, 7) is 19.0. The van der Waals surface area contributed by atoms with Crippen molar-refractivity contribution in [2.75, 3.05) is 6.54 Å². The summed E-state index contributed by atoms with van der Waals surface area (Å²) < 4.78 is 0. The maximum atomic E-state index is 11.9. The van der Waals surface area contributed by atoms with Gasteiger partial charge in [0.2, 0.25) is 0 Å². The molecule has 0 heterocycles. The number of carbonyl (C=O) groups is 1. The number of rotatable bonds is 2. The van der Waals surface area contributed by atoms with Gasteiger partial charge in [-0.05, 0) is 0 Å². The predicted octanol–water partition coefficient (Wildman–Crippen LogP) is 4.13. The second kappa shape index (κ2) is 4.91. The molecular formula is C15H29NO. The van der Waals surface area contributed by atoms with Crippen LogP contribution >= 0.6 is 0 Å². The van der Waals surface area contributed by atoms with E-state index in [2.05, 4.69) is 46.5 Å². The highest BCUT2D eigenvalue weighted by atomic mass is 16.1. The molecule has 0 unspecified atom stereocenters. The number of ketones is 1. The summed E-state index contributed by atoms with van der Waals surface area (Å²) in [5.74, 6) is 0.198. The summed E-state index contributed by atoms with van der Waals surface area (Å²) in [5.41, 5.74) is 0.833. The molecule has 0 rings (SSSR count). The van der Waals surface area contributed by atoms with Crippen LogP contribution in [0.2, 0.25) is 0 Å². The molecule has 17 heavy (non-hydrogen) atoms. The van der Waals surface area contributed by atoms with Crippen molar-refractivity contribution in [3.05, 3.63) is 0 Å². The average molecular weight is 239 g/mol. The molecule has 0 atom stereocenters. The maximum absolute atomic E-state index is 11.9. The van der Waals surface area contributed by atoms with Gasteiger partial charge in [0.05, 0.1) is 6.54 Å². The molecule has 0 bridgehead atoms. The Hall–Kier alpha value is -0.660. The van der Waals surface area contributed by atoms with Crippen molar-refractivity contribution in [1.82, 2.24) is 0 Å². The molecule has 0 radical (unpaired) electrons. The number of nitrogens with zero attached hydrogens (tertiary/aromatic N) is 1. The van der Waals surface area contributed by atoms with Crippen LogP contribution in [0.25, 0.3) is 0 Å². The normalized spacial score (nSPS) is 13.5. The van der Waals surface area contributed by atoms with Crippen molar-refractivity contribution in [2.45, 2.75) is 62.3 Å². The van der Waals surface area contributed by atoms with Crippen molar-refractivity contribution in [2.24, 2.45) is 21.2 Å². The van der Waals surface area contributed by atoms with Gasteiger partial charge in [-0.1, -0.05) is 62.3 Å². The largest absolute Gasteiger partial charge is 0.297 e. The molecule has 0 fully saturated rings. The van der Waals surface area contributed by atoms with Gasteiger partial charge in [0.15, 0.2) is 5.78 Å². The molecule has 0 aromatic rings. The number of Topliss-reactive ketones (excluding diaryl/α,β-unsaturated/α-hetero) is 1. The fourth-order valence-electron chi connectivity index (χ4n) is 1.99. The maximum Gasteiger partial charge on any atom is 0.159 e. The minimum Gasteiger partial charge on any atom is -0.297 e. The van der Waals surface area contributed by atoms with Gasteiger partial charge < -0.3 is 0 Å². The van der Waals surface area contributed by atoms with Crippen molar-refractivity contribution >= 4 is 11.5 Å². The van der Waals surface area contributed by atoms with E-state index in [0.29, 0.717) is 6.54 Å². The van der Waals surface area contributed by atoms with Crippen molar-refractivity contribution < 1.29 is 4.79 Å². The van der Waals surface area contributed by atoms with Gasteiger partial charge >= 0.3 is 0 Å². The molecule has 0 aliphatic heterocycles. The van der Waals surface area contributed by atoms with Crippen LogP contribution in [0.3, 0.4) is 0 Å². The number of hydrogen-bond donors (Lipinski definition) is 0. The summed E-state index contributed by atoms with van der Waals surface area (Å²) in [4.78, 5) is 16.5. The second-order valence-electron chi connectivity index (χ2n) is 7.84. The Kier molecular flexibility index (Phi) is 4.72. The fraction of sp³-hybridized carbons (Fsp3) is 0.867. The zero-order valence-electron chi connectivity index (χ0n) is 13.1. The third kappa shape index (κ3) is 5.47. The highest BCUT2D eigenvalue weighted by molar-refractivity contribution is 5.96. The molecule has 0 saturated heterocycles. The molecular weight excluding hydrogens is 210 g/mol. The van der Waals surface area contributed by atoms with Gasteiger partial charge in [-0.25, -0.2) is 0 Å². The van der Waals surface area contributed by atoms with E-state index in [0.717, 1.165) is 5.71 Å². The molecule has 0 aliphatic rings. The Morgan fingerprint density at radius 3 is 1.35 bits per heavy atom. The van der Waals surface area contributed by atoms with E-state index < -0.39 is 0 Å². The first-order valence-corrected chi connectivity index (χ1v) is 6.35. The summed E-state index contributed by atoms with van der Waals surface area (Å²) in [5, 5.41) is 0. The van der Waals surface area contributed by atoms with Gasteiger partial charge in [-0.15, -0.1) is 0 Å². The SMILES string of the molecule is CC(C)(C)C(=O)CN=C(C(C)(C)C)C(C)(C)C. The van der Waals surface area contributed by atoms with Gasteiger partial charge in [-0.3, -0.25) is 9.79 Å². The third-order valence-electron chi connectivity index (χ3n) is 2.64. The van der Waals surface area contributed by atoms with Crippen LogP contribution in [-0.2, 0) is 4.79 Å². The van der Waals surface area contributed by atoms with Crippen molar-refractivity contribution in [3.8, 4) is 0 Å². The van der Waals surface area contributed by atoms with Crippen LogP contribution in [0, 0.1) is 16.2 Å². The van der Waals surface area contributed by atoms with Gasteiger partial charge in [0, 0.05) is 22.0 Å². The van der Waals surface area contributed by atoms with E-state index in [4.69, 9.17) is 0 Å². The van der Waals surface area contributed by atoms with E-state index in [1.165, 1.54) is 0 Å². The fourth-order valence-corrected chi connectivity index (χ4v) is 1.99. The summed E-state index contributed by atoms with van der Waals surface area (Å²) in [6, 6.07) is 0. The first-order valence-electron chi connectivity index (χ1n) is 6.35. The zero-order valence-corrected chi connectivity index (χ0v) is 13.1. The predicted molar refractivity (Wildman–Crippen MR) is 75.7 cm³/mol. The van der Waals surface area contributed by atoms with Gasteiger partial charge in [0.25, 0.3) is 0 Å². The summed E-state index contributed by atoms with van der Waals surface area (Å²) >= 11 is 0. The number of aliphatic imine (C=N–C) groups is 1. The molecule has 100 valence electrons. The molecule has 0 aliphatic carbocycles. The van der Waals surface area contributed by atoms with E-state index in [9.17, 15) is 4.79 Å². The Bertz CT molecular complexity index is 289. The lowest BCUT2D eigenvalue weighted by Crippen LogP contribution is -2.34. The lowest BCUT2D eigenvalue weighted by Gasteiger charge is -2.32. The molecule has 0 spiro atoms. The van der Waals surface area contributed by atoms with Gasteiger partial charge in [0.1, 0.15) is 0 Å². The van der Waals surface area contributed by atoms with Gasteiger partial charge in [-0.2, -0.15) is 0 Å². The molecule has 0 saturated carbocycles. The Labute approximate surface area is 107 Å². The molecule has 0 aromatic heterocycles. The first-order chi connectivity index (χ1) is 7.26. The van der Waals surface area contributed by atoms with Crippen LogP contribution < -0.4 is 0 Å². The van der Waals surface area contributed by atoms with E-state index in [-0.39, 0.29) is 22.0 Å². The third-order valence-corrected chi connectivity index (χ3v) is 2.64. The highest BCUT2D eigenvalue weighted by Crippen LogP contribution is 2.30.